The first-order chi connectivity index (χ1) is 4.68. The van der Waals surface area contributed by atoms with Crippen LogP contribution in [0.25, 0.3) is 0 Å². The fraction of sp³-hybridized carbons (Fsp3) is 1.00. The van der Waals surface area contributed by atoms with Crippen molar-refractivity contribution in [2.75, 3.05) is 25.9 Å². The molecule has 0 heterocycles. The molecule has 0 aromatic rings. The topological polar surface area (TPSA) is 18.5 Å². The van der Waals surface area contributed by atoms with E-state index in [1.54, 1.807) is 14.2 Å². The minimum atomic E-state index is -2.03. The van der Waals surface area contributed by atoms with Crippen molar-refractivity contribution in [1.82, 2.24) is 0 Å². The summed E-state index contributed by atoms with van der Waals surface area (Å²) in [5, 5.41) is 0. The van der Waals surface area contributed by atoms with E-state index in [1.165, 1.54) is 11.4 Å². The van der Waals surface area contributed by atoms with Crippen molar-refractivity contribution in [3.63, 3.8) is 0 Å². The highest BCUT2D eigenvalue weighted by atomic mass is 35.5. The van der Waals surface area contributed by atoms with E-state index in [9.17, 15) is 0 Å². The molecule has 10 heavy (non-hydrogen) atoms. The third-order valence-electron chi connectivity index (χ3n) is 0.774. The fourth-order valence-electron chi connectivity index (χ4n) is 0.326. The molecule has 0 bridgehead atoms. The first kappa shape index (κ1) is 11.2. The van der Waals surface area contributed by atoms with E-state index in [4.69, 9.17) is 32.5 Å². The van der Waals surface area contributed by atoms with Crippen molar-refractivity contribution in [2.24, 2.45) is 0 Å². The second-order valence-electron chi connectivity index (χ2n) is 1.33. The molecule has 0 aliphatic carbocycles. The minimum Gasteiger partial charge on any atom is -0.325 e. The lowest BCUT2D eigenvalue weighted by Gasteiger charge is -2.15. The van der Waals surface area contributed by atoms with E-state index < -0.39 is 5.69 Å². The molecule has 0 aliphatic heterocycles. The second kappa shape index (κ2) is 5.81. The third-order valence-corrected chi connectivity index (χ3v) is 7.02. The Balaban J connectivity index is 3.70. The maximum atomic E-state index is 5.46. The molecule has 0 unspecified atom stereocenters. The molecule has 0 rings (SSSR count). The molecule has 62 valence electrons. The number of hydrogen-bond acceptors (Lipinski definition) is 4. The summed E-state index contributed by atoms with van der Waals surface area (Å²) in [5.74, 6) is 1.36. The summed E-state index contributed by atoms with van der Waals surface area (Å²) in [5.41, 5.74) is -2.03. The molecule has 0 spiro atoms. The first-order valence-electron chi connectivity index (χ1n) is 2.60. The number of rotatable bonds is 5. The van der Waals surface area contributed by atoms with Gasteiger partial charge in [0, 0.05) is 25.9 Å². The van der Waals surface area contributed by atoms with Crippen molar-refractivity contribution in [2.45, 2.75) is 0 Å². The molecule has 0 aromatic carbocycles. The molecule has 2 nitrogen and oxygen atoms in total. The van der Waals surface area contributed by atoms with Gasteiger partial charge in [-0.2, -0.15) is 0 Å². The summed E-state index contributed by atoms with van der Waals surface area (Å²) in [6.45, 7) is 0. The van der Waals surface area contributed by atoms with Gasteiger partial charge < -0.3 is 9.05 Å². The average Bonchev–Trinajstić information content (AvgIpc) is 2.00. The maximum Gasteiger partial charge on any atom is 0.246 e. The SMILES string of the molecule is COP(=S)(OC)SCCCl. The van der Waals surface area contributed by atoms with Crippen LogP contribution >= 0.6 is 28.7 Å². The monoisotopic (exact) mass is 220 g/mol. The predicted molar refractivity (Wildman–Crippen MR) is 51.5 cm³/mol. The summed E-state index contributed by atoms with van der Waals surface area (Å²) in [4.78, 5) is 0. The Hall–Kier alpha value is 1.21. The number of halogens is 1. The fourth-order valence-corrected chi connectivity index (χ4v) is 3.78. The summed E-state index contributed by atoms with van der Waals surface area (Å²) in [6, 6.07) is 0. The van der Waals surface area contributed by atoms with Crippen molar-refractivity contribution < 1.29 is 9.05 Å². The summed E-state index contributed by atoms with van der Waals surface area (Å²) in [7, 11) is 3.12. The van der Waals surface area contributed by atoms with Crippen molar-refractivity contribution in [3.05, 3.63) is 0 Å². The summed E-state index contributed by atoms with van der Waals surface area (Å²) in [6.07, 6.45) is 0. The van der Waals surface area contributed by atoms with Crippen LogP contribution < -0.4 is 0 Å². The van der Waals surface area contributed by atoms with Crippen LogP contribution in [0.2, 0.25) is 0 Å². The van der Waals surface area contributed by atoms with E-state index >= 15 is 0 Å². The van der Waals surface area contributed by atoms with Crippen LogP contribution in [0.5, 0.6) is 0 Å². The third kappa shape index (κ3) is 4.16. The highest BCUT2D eigenvalue weighted by Gasteiger charge is 2.14. The molecule has 0 N–H and O–H groups in total. The van der Waals surface area contributed by atoms with Crippen LogP contribution in [0.4, 0.5) is 0 Å². The highest BCUT2D eigenvalue weighted by molar-refractivity contribution is 8.67. The highest BCUT2D eigenvalue weighted by Crippen LogP contribution is 2.59. The number of alkyl halides is 1. The van der Waals surface area contributed by atoms with Gasteiger partial charge >= 0.3 is 0 Å². The van der Waals surface area contributed by atoms with Crippen LogP contribution in [0.1, 0.15) is 0 Å². The Morgan fingerprint density at radius 2 is 2.00 bits per heavy atom. The van der Waals surface area contributed by atoms with E-state index in [-0.39, 0.29) is 0 Å². The smallest absolute Gasteiger partial charge is 0.246 e. The van der Waals surface area contributed by atoms with E-state index in [0.29, 0.717) is 5.88 Å². The van der Waals surface area contributed by atoms with Gasteiger partial charge in [0.05, 0.1) is 0 Å². The zero-order valence-electron chi connectivity index (χ0n) is 5.87. The maximum absolute atomic E-state index is 5.46. The summed E-state index contributed by atoms with van der Waals surface area (Å²) >= 11 is 12.0. The van der Waals surface area contributed by atoms with Gasteiger partial charge in [-0.25, -0.2) is 0 Å². The molecule has 0 aliphatic rings. The van der Waals surface area contributed by atoms with E-state index in [2.05, 4.69) is 0 Å². The Morgan fingerprint density at radius 3 is 2.30 bits per heavy atom. The molecule has 0 atom stereocenters. The van der Waals surface area contributed by atoms with Gasteiger partial charge in [0.2, 0.25) is 5.69 Å². The van der Waals surface area contributed by atoms with Gasteiger partial charge in [0.25, 0.3) is 0 Å². The largest absolute Gasteiger partial charge is 0.325 e. The molecule has 0 aromatic heterocycles. The quantitative estimate of drug-likeness (QED) is 0.523. The normalized spacial score (nSPS) is 11.9. The Bertz CT molecular complexity index is 124. The van der Waals surface area contributed by atoms with Gasteiger partial charge in [-0.05, 0) is 11.8 Å². The van der Waals surface area contributed by atoms with Gasteiger partial charge in [-0.15, -0.1) is 11.6 Å². The van der Waals surface area contributed by atoms with Crippen LogP contribution in [0.3, 0.4) is 0 Å². The average molecular weight is 221 g/mol. The van der Waals surface area contributed by atoms with Gasteiger partial charge in [0.1, 0.15) is 0 Å². The molecule has 0 amide bonds. The molecular weight excluding hydrogens is 211 g/mol. The van der Waals surface area contributed by atoms with Gasteiger partial charge in [0.15, 0.2) is 0 Å². The Kier molecular flexibility index (Phi) is 6.51. The predicted octanol–water partition coefficient (Wildman–Crippen LogP) is 2.48. The minimum absolute atomic E-state index is 0.579. The second-order valence-corrected chi connectivity index (χ2v) is 8.36. The molecule has 0 saturated carbocycles. The van der Waals surface area contributed by atoms with Crippen LogP contribution in [-0.2, 0) is 20.9 Å². The Labute approximate surface area is 75.5 Å². The lowest BCUT2D eigenvalue weighted by atomic mass is 11.0. The van der Waals surface area contributed by atoms with Crippen molar-refractivity contribution in [1.29, 1.82) is 0 Å². The van der Waals surface area contributed by atoms with E-state index in [0.717, 1.165) is 5.75 Å². The standard InChI is InChI=1S/C4H10ClO2PS2/c1-6-8(9,7-2)10-4-3-5/h3-4H2,1-2H3. The molecule has 0 saturated heterocycles. The summed E-state index contributed by atoms with van der Waals surface area (Å²) < 4.78 is 9.99. The molecule has 6 heteroatoms. The lowest BCUT2D eigenvalue weighted by Crippen LogP contribution is -1.85. The van der Waals surface area contributed by atoms with Crippen molar-refractivity contribution in [3.8, 4) is 0 Å². The lowest BCUT2D eigenvalue weighted by molar-refractivity contribution is 0.354. The van der Waals surface area contributed by atoms with Gasteiger partial charge in [-0.3, -0.25) is 0 Å². The van der Waals surface area contributed by atoms with Crippen LogP contribution in [0.15, 0.2) is 0 Å². The van der Waals surface area contributed by atoms with E-state index in [1.807, 2.05) is 0 Å². The van der Waals surface area contributed by atoms with Gasteiger partial charge in [-0.1, -0.05) is 11.4 Å². The molecule has 0 fully saturated rings. The number of hydrogen-bond donors (Lipinski definition) is 0. The Morgan fingerprint density at radius 1 is 1.50 bits per heavy atom. The first-order valence-corrected chi connectivity index (χ1v) is 7.37. The molecule has 0 radical (unpaired) electrons. The van der Waals surface area contributed by atoms with Crippen LogP contribution in [-0.4, -0.2) is 25.9 Å². The van der Waals surface area contributed by atoms with Crippen molar-refractivity contribution >= 4 is 40.5 Å². The zero-order chi connectivity index (χ0) is 8.04. The van der Waals surface area contributed by atoms with Crippen LogP contribution in [0, 0.1) is 0 Å². The molecular formula is C4H10ClO2PS2. The zero-order valence-corrected chi connectivity index (χ0v) is 9.16.